The summed E-state index contributed by atoms with van der Waals surface area (Å²) in [5.74, 6) is -0.358. The molecule has 2 aromatic heterocycles. The Balaban J connectivity index is 2.07. The normalized spacial score (nSPS) is 11.0. The monoisotopic (exact) mass is 342 g/mol. The number of carbonyl (C=O) groups is 1. The molecule has 1 aromatic carbocycles. The Kier molecular flexibility index (Phi) is 4.49. The first-order valence-corrected chi connectivity index (χ1v) is 8.53. The smallest absolute Gasteiger partial charge is 0.302 e. The second-order valence-electron chi connectivity index (χ2n) is 5.73. The van der Waals surface area contributed by atoms with Crippen molar-refractivity contribution in [2.75, 3.05) is 6.61 Å². The first-order valence-electron chi connectivity index (χ1n) is 7.65. The van der Waals surface area contributed by atoms with Gasteiger partial charge in [0.15, 0.2) is 0 Å². The highest BCUT2D eigenvalue weighted by atomic mass is 32.1. The number of thiophene rings is 1. The Morgan fingerprint density at radius 1 is 1.29 bits per heavy atom. The van der Waals surface area contributed by atoms with Gasteiger partial charge < -0.3 is 4.74 Å². The maximum Gasteiger partial charge on any atom is 0.302 e. The minimum absolute atomic E-state index is 0.108. The van der Waals surface area contributed by atoms with Gasteiger partial charge in [-0.2, -0.15) is 0 Å². The molecule has 3 rings (SSSR count). The molecule has 0 bridgehead atoms. The SMILES string of the molecule is CC(=O)OCCn1cnc2scc(-c3ccc(C)cc3C)c2c1=O. The van der Waals surface area contributed by atoms with E-state index in [9.17, 15) is 9.59 Å². The van der Waals surface area contributed by atoms with Crippen molar-refractivity contribution in [3.8, 4) is 11.1 Å². The third kappa shape index (κ3) is 3.10. The third-order valence-corrected chi connectivity index (χ3v) is 4.76. The summed E-state index contributed by atoms with van der Waals surface area (Å²) in [5, 5.41) is 2.60. The van der Waals surface area contributed by atoms with E-state index in [-0.39, 0.29) is 18.1 Å². The molecule has 0 saturated heterocycles. The number of aryl methyl sites for hydroxylation is 2. The summed E-state index contributed by atoms with van der Waals surface area (Å²) in [6, 6.07) is 6.19. The van der Waals surface area contributed by atoms with Crippen molar-refractivity contribution < 1.29 is 9.53 Å². The van der Waals surface area contributed by atoms with Crippen LogP contribution in [0.1, 0.15) is 18.1 Å². The quantitative estimate of drug-likeness (QED) is 0.683. The van der Waals surface area contributed by atoms with Crippen LogP contribution in [0.5, 0.6) is 0 Å². The largest absolute Gasteiger partial charge is 0.464 e. The molecule has 0 atom stereocenters. The summed E-state index contributed by atoms with van der Waals surface area (Å²) < 4.78 is 6.41. The number of benzene rings is 1. The van der Waals surface area contributed by atoms with Gasteiger partial charge in [0.2, 0.25) is 0 Å². The summed E-state index contributed by atoms with van der Waals surface area (Å²) >= 11 is 1.46. The van der Waals surface area contributed by atoms with Crippen LogP contribution in [0.15, 0.2) is 34.7 Å². The summed E-state index contributed by atoms with van der Waals surface area (Å²) in [5.41, 5.74) is 4.16. The molecule has 3 aromatic rings. The molecule has 0 aliphatic carbocycles. The van der Waals surface area contributed by atoms with E-state index in [1.165, 1.54) is 34.7 Å². The molecule has 2 heterocycles. The van der Waals surface area contributed by atoms with Gasteiger partial charge in [-0.15, -0.1) is 11.3 Å². The zero-order valence-electron chi connectivity index (χ0n) is 13.8. The summed E-state index contributed by atoms with van der Waals surface area (Å²) in [6.07, 6.45) is 1.51. The second-order valence-corrected chi connectivity index (χ2v) is 6.59. The standard InChI is InChI=1S/C18H18N2O3S/c1-11-4-5-14(12(2)8-11)15-9-24-17-16(15)18(22)20(10-19-17)6-7-23-13(3)21/h4-5,8-10H,6-7H2,1-3H3. The maximum absolute atomic E-state index is 12.8. The van der Waals surface area contributed by atoms with Crippen LogP contribution in [0.25, 0.3) is 21.3 Å². The molecule has 0 saturated carbocycles. The summed E-state index contributed by atoms with van der Waals surface area (Å²) in [6.45, 7) is 5.89. The Bertz CT molecular complexity index is 972. The van der Waals surface area contributed by atoms with Gasteiger partial charge in [-0.05, 0) is 25.0 Å². The zero-order chi connectivity index (χ0) is 17.3. The number of rotatable bonds is 4. The van der Waals surface area contributed by atoms with Crippen LogP contribution < -0.4 is 5.56 Å². The number of hydrogen-bond acceptors (Lipinski definition) is 5. The van der Waals surface area contributed by atoms with Crippen LogP contribution in [0.4, 0.5) is 0 Å². The zero-order valence-corrected chi connectivity index (χ0v) is 14.6. The van der Waals surface area contributed by atoms with E-state index in [2.05, 4.69) is 11.1 Å². The highest BCUT2D eigenvalue weighted by Gasteiger charge is 2.14. The molecule has 0 spiro atoms. The lowest BCUT2D eigenvalue weighted by Gasteiger charge is -2.08. The minimum atomic E-state index is -0.358. The fourth-order valence-corrected chi connectivity index (χ4v) is 3.63. The minimum Gasteiger partial charge on any atom is -0.464 e. The molecule has 124 valence electrons. The van der Waals surface area contributed by atoms with E-state index in [1.807, 2.05) is 31.4 Å². The van der Waals surface area contributed by atoms with Gasteiger partial charge in [-0.1, -0.05) is 23.8 Å². The van der Waals surface area contributed by atoms with Crippen molar-refractivity contribution in [1.29, 1.82) is 0 Å². The maximum atomic E-state index is 12.8. The lowest BCUT2D eigenvalue weighted by atomic mass is 9.99. The Morgan fingerprint density at radius 3 is 2.79 bits per heavy atom. The molecule has 0 amide bonds. The lowest BCUT2D eigenvalue weighted by molar-refractivity contribution is -0.141. The van der Waals surface area contributed by atoms with Gasteiger partial charge in [0, 0.05) is 17.9 Å². The van der Waals surface area contributed by atoms with Crippen LogP contribution in [0.2, 0.25) is 0 Å². The molecule has 0 unspecified atom stereocenters. The highest BCUT2D eigenvalue weighted by molar-refractivity contribution is 7.17. The Labute approximate surface area is 143 Å². The van der Waals surface area contributed by atoms with Gasteiger partial charge in [0.25, 0.3) is 5.56 Å². The van der Waals surface area contributed by atoms with E-state index in [0.29, 0.717) is 11.9 Å². The van der Waals surface area contributed by atoms with Gasteiger partial charge in [-0.25, -0.2) is 4.98 Å². The van der Waals surface area contributed by atoms with Crippen molar-refractivity contribution in [1.82, 2.24) is 9.55 Å². The molecule has 24 heavy (non-hydrogen) atoms. The van der Waals surface area contributed by atoms with Gasteiger partial charge >= 0.3 is 5.97 Å². The number of aromatic nitrogens is 2. The molecule has 0 aliphatic rings. The molecule has 0 aliphatic heterocycles. The molecule has 0 radical (unpaired) electrons. The highest BCUT2D eigenvalue weighted by Crippen LogP contribution is 2.32. The molecular weight excluding hydrogens is 324 g/mol. The summed E-state index contributed by atoms with van der Waals surface area (Å²) in [4.78, 5) is 28.8. The van der Waals surface area contributed by atoms with Gasteiger partial charge in [0.1, 0.15) is 11.4 Å². The van der Waals surface area contributed by atoms with Crippen LogP contribution >= 0.6 is 11.3 Å². The number of fused-ring (bicyclic) bond motifs is 1. The fraction of sp³-hybridized carbons (Fsp3) is 0.278. The molecule has 5 nitrogen and oxygen atoms in total. The molecular formula is C18H18N2O3S. The lowest BCUT2D eigenvalue weighted by Crippen LogP contribution is -2.23. The number of nitrogens with zero attached hydrogens (tertiary/aromatic N) is 2. The van der Waals surface area contributed by atoms with Crippen LogP contribution in [-0.2, 0) is 16.1 Å². The average Bonchev–Trinajstić information content (AvgIpc) is 2.94. The number of hydrogen-bond donors (Lipinski definition) is 0. The van der Waals surface area contributed by atoms with Crippen molar-refractivity contribution in [3.05, 3.63) is 51.4 Å². The van der Waals surface area contributed by atoms with E-state index in [0.717, 1.165) is 21.5 Å². The van der Waals surface area contributed by atoms with Crippen LogP contribution in [0.3, 0.4) is 0 Å². The first-order chi connectivity index (χ1) is 11.5. The van der Waals surface area contributed by atoms with Crippen LogP contribution in [0, 0.1) is 13.8 Å². The second kappa shape index (κ2) is 6.57. The van der Waals surface area contributed by atoms with Gasteiger partial charge in [0.05, 0.1) is 18.3 Å². The number of esters is 1. The van der Waals surface area contributed by atoms with E-state index >= 15 is 0 Å². The number of ether oxygens (including phenoxy) is 1. The Morgan fingerprint density at radius 2 is 2.08 bits per heavy atom. The van der Waals surface area contributed by atoms with E-state index < -0.39 is 0 Å². The Hall–Kier alpha value is -2.47. The van der Waals surface area contributed by atoms with Crippen LogP contribution in [-0.4, -0.2) is 22.1 Å². The van der Waals surface area contributed by atoms with E-state index in [1.54, 1.807) is 0 Å². The third-order valence-electron chi connectivity index (χ3n) is 3.87. The molecule has 6 heteroatoms. The fourth-order valence-electron chi connectivity index (χ4n) is 2.73. The van der Waals surface area contributed by atoms with Crippen molar-refractivity contribution in [2.45, 2.75) is 27.3 Å². The predicted molar refractivity (Wildman–Crippen MR) is 95.4 cm³/mol. The topological polar surface area (TPSA) is 61.2 Å². The van der Waals surface area contributed by atoms with E-state index in [4.69, 9.17) is 4.74 Å². The van der Waals surface area contributed by atoms with Crippen molar-refractivity contribution in [2.24, 2.45) is 0 Å². The van der Waals surface area contributed by atoms with Gasteiger partial charge in [-0.3, -0.25) is 14.2 Å². The number of carbonyl (C=O) groups excluding carboxylic acids is 1. The molecule has 0 fully saturated rings. The average molecular weight is 342 g/mol. The molecule has 0 N–H and O–H groups in total. The van der Waals surface area contributed by atoms with Crippen molar-refractivity contribution in [3.63, 3.8) is 0 Å². The predicted octanol–water partition coefficient (Wildman–Crippen LogP) is 3.30. The summed E-state index contributed by atoms with van der Waals surface area (Å²) in [7, 11) is 0. The first kappa shape index (κ1) is 16.4. The van der Waals surface area contributed by atoms with Crippen molar-refractivity contribution >= 4 is 27.5 Å².